The molecule has 148 valence electrons. The summed E-state index contributed by atoms with van der Waals surface area (Å²) in [5, 5.41) is 0. The Morgan fingerprint density at radius 3 is 2.11 bits per heavy atom. The Labute approximate surface area is 172 Å². The highest BCUT2D eigenvalue weighted by Crippen LogP contribution is 2.27. The number of hydrogen-bond donors (Lipinski definition) is 0. The third kappa shape index (κ3) is 7.00. The highest BCUT2D eigenvalue weighted by Gasteiger charge is 2.10. The lowest BCUT2D eigenvalue weighted by Crippen LogP contribution is -1.91. The van der Waals surface area contributed by atoms with Crippen LogP contribution in [0.25, 0.3) is 0 Å². The van der Waals surface area contributed by atoms with Gasteiger partial charge in [0.25, 0.3) is 0 Å². The maximum Gasteiger partial charge on any atom is -0.00669 e. The van der Waals surface area contributed by atoms with Crippen LogP contribution in [0.2, 0.25) is 0 Å². The molecule has 0 heterocycles. The van der Waals surface area contributed by atoms with Gasteiger partial charge in [0, 0.05) is 0 Å². The maximum atomic E-state index is 2.41. The molecular weight excluding hydrogens is 336 g/mol. The molecule has 0 aromatic heterocycles. The standard InChI is InChI=1S/C28H36/c1-7-21(3)9-11-25(8-2)12-13-26-14-16-28(20-24(6)18-26)27-15-10-22(4)17-23(5)19-27/h7-11,14-20,23-24H,12-13H2,1-6H3/b11-9-,21-7-,25-8+. The van der Waals surface area contributed by atoms with Crippen LogP contribution in [0.15, 0.2) is 106 Å². The normalized spacial score (nSPS) is 23.8. The molecule has 0 N–H and O–H groups in total. The van der Waals surface area contributed by atoms with Gasteiger partial charge in [-0.25, -0.2) is 0 Å². The SMILES string of the molecule is C\C=C(C)/C=C\C(=C/C)CCC1=CC(C)C=C(C2=CC(C)C=C(C)C=C2)C=C1. The Morgan fingerprint density at radius 1 is 0.821 bits per heavy atom. The van der Waals surface area contributed by atoms with Crippen LogP contribution in [-0.4, -0.2) is 0 Å². The molecule has 0 spiro atoms. The van der Waals surface area contributed by atoms with E-state index in [0.717, 1.165) is 12.8 Å². The van der Waals surface area contributed by atoms with E-state index in [1.165, 1.54) is 33.4 Å². The average molecular weight is 373 g/mol. The summed E-state index contributed by atoms with van der Waals surface area (Å²) in [5.41, 5.74) is 8.13. The first-order valence-electron chi connectivity index (χ1n) is 10.6. The largest absolute Gasteiger partial charge is 0.0847 e. The van der Waals surface area contributed by atoms with Gasteiger partial charge < -0.3 is 0 Å². The van der Waals surface area contributed by atoms with Gasteiger partial charge in [0.2, 0.25) is 0 Å². The topological polar surface area (TPSA) is 0 Å². The van der Waals surface area contributed by atoms with E-state index < -0.39 is 0 Å². The first kappa shape index (κ1) is 22.0. The number of rotatable bonds is 6. The zero-order valence-corrected chi connectivity index (χ0v) is 18.5. The van der Waals surface area contributed by atoms with Crippen molar-refractivity contribution in [2.45, 2.75) is 54.4 Å². The molecule has 0 heteroatoms. The summed E-state index contributed by atoms with van der Waals surface area (Å²) < 4.78 is 0. The number of allylic oxidation sites excluding steroid dienone is 18. The molecule has 0 aliphatic heterocycles. The molecular formula is C28H36. The summed E-state index contributed by atoms with van der Waals surface area (Å²) >= 11 is 0. The smallest absolute Gasteiger partial charge is 0.00669 e. The second-order valence-corrected chi connectivity index (χ2v) is 8.01. The van der Waals surface area contributed by atoms with Crippen LogP contribution >= 0.6 is 0 Å². The second kappa shape index (κ2) is 10.9. The van der Waals surface area contributed by atoms with Gasteiger partial charge in [-0.1, -0.05) is 109 Å². The van der Waals surface area contributed by atoms with E-state index in [4.69, 9.17) is 0 Å². The summed E-state index contributed by atoms with van der Waals surface area (Å²) in [5.74, 6) is 0.909. The Bertz CT molecular complexity index is 825. The van der Waals surface area contributed by atoms with Crippen LogP contribution in [0.4, 0.5) is 0 Å². The summed E-state index contributed by atoms with van der Waals surface area (Å²) in [6.45, 7) is 13.1. The van der Waals surface area contributed by atoms with Crippen molar-refractivity contribution in [3.8, 4) is 0 Å². The van der Waals surface area contributed by atoms with Crippen LogP contribution in [-0.2, 0) is 0 Å². The third-order valence-corrected chi connectivity index (χ3v) is 5.31. The molecule has 2 aliphatic carbocycles. The Kier molecular flexibility index (Phi) is 8.51. The van der Waals surface area contributed by atoms with E-state index in [2.05, 4.69) is 114 Å². The summed E-state index contributed by atoms with van der Waals surface area (Å²) in [4.78, 5) is 0. The van der Waals surface area contributed by atoms with Crippen molar-refractivity contribution in [1.29, 1.82) is 0 Å². The van der Waals surface area contributed by atoms with E-state index in [9.17, 15) is 0 Å². The fourth-order valence-corrected chi connectivity index (χ4v) is 3.55. The summed E-state index contributed by atoms with van der Waals surface area (Å²) in [6, 6.07) is 0. The molecule has 0 nitrogen and oxygen atoms in total. The predicted molar refractivity (Wildman–Crippen MR) is 126 cm³/mol. The van der Waals surface area contributed by atoms with E-state index >= 15 is 0 Å². The third-order valence-electron chi connectivity index (χ3n) is 5.31. The lowest BCUT2D eigenvalue weighted by Gasteiger charge is -2.07. The van der Waals surface area contributed by atoms with Crippen LogP contribution in [0.3, 0.4) is 0 Å². The Morgan fingerprint density at radius 2 is 1.46 bits per heavy atom. The summed E-state index contributed by atoms with van der Waals surface area (Å²) in [7, 11) is 0. The minimum atomic E-state index is 0.441. The van der Waals surface area contributed by atoms with Crippen molar-refractivity contribution in [2.75, 3.05) is 0 Å². The van der Waals surface area contributed by atoms with Crippen LogP contribution in [0.1, 0.15) is 54.4 Å². The lowest BCUT2D eigenvalue weighted by molar-refractivity contribution is 0.892. The fraction of sp³-hybridized carbons (Fsp3) is 0.357. The molecule has 0 radical (unpaired) electrons. The number of hydrogen-bond acceptors (Lipinski definition) is 0. The second-order valence-electron chi connectivity index (χ2n) is 8.01. The molecule has 0 saturated carbocycles. The Balaban J connectivity index is 2.08. The van der Waals surface area contributed by atoms with Crippen molar-refractivity contribution < 1.29 is 0 Å². The van der Waals surface area contributed by atoms with E-state index in [0.29, 0.717) is 11.8 Å². The maximum absolute atomic E-state index is 2.41. The van der Waals surface area contributed by atoms with Crippen molar-refractivity contribution in [3.05, 3.63) is 106 Å². The minimum absolute atomic E-state index is 0.441. The zero-order chi connectivity index (χ0) is 20.5. The minimum Gasteiger partial charge on any atom is -0.0847 e. The molecule has 0 fully saturated rings. The highest BCUT2D eigenvalue weighted by atomic mass is 14.1. The van der Waals surface area contributed by atoms with Gasteiger partial charge in [-0.2, -0.15) is 0 Å². The van der Waals surface area contributed by atoms with Crippen molar-refractivity contribution in [2.24, 2.45) is 11.8 Å². The molecule has 28 heavy (non-hydrogen) atoms. The summed E-state index contributed by atoms with van der Waals surface area (Å²) in [6.07, 6.45) is 29.6. The molecule has 0 aromatic carbocycles. The van der Waals surface area contributed by atoms with Gasteiger partial charge >= 0.3 is 0 Å². The molecule has 0 aromatic rings. The van der Waals surface area contributed by atoms with Crippen molar-refractivity contribution in [1.82, 2.24) is 0 Å². The average Bonchev–Trinajstić information content (AvgIpc) is 2.96. The van der Waals surface area contributed by atoms with E-state index in [-0.39, 0.29) is 0 Å². The molecule has 2 unspecified atom stereocenters. The molecule has 0 bridgehead atoms. The van der Waals surface area contributed by atoms with E-state index in [1.54, 1.807) is 0 Å². The van der Waals surface area contributed by atoms with Gasteiger partial charge in [-0.05, 0) is 63.5 Å². The van der Waals surface area contributed by atoms with Crippen molar-refractivity contribution >= 4 is 0 Å². The van der Waals surface area contributed by atoms with Gasteiger partial charge in [0.1, 0.15) is 0 Å². The van der Waals surface area contributed by atoms with Crippen LogP contribution in [0, 0.1) is 11.8 Å². The molecule has 2 atom stereocenters. The first-order chi connectivity index (χ1) is 13.4. The highest BCUT2D eigenvalue weighted by molar-refractivity contribution is 5.52. The lowest BCUT2D eigenvalue weighted by atomic mass is 9.98. The molecule has 2 rings (SSSR count). The Hall–Kier alpha value is -2.34. The van der Waals surface area contributed by atoms with Crippen molar-refractivity contribution in [3.63, 3.8) is 0 Å². The molecule has 0 amide bonds. The van der Waals surface area contributed by atoms with Gasteiger partial charge in [0.05, 0.1) is 0 Å². The predicted octanol–water partition coefficient (Wildman–Crippen LogP) is 8.37. The van der Waals surface area contributed by atoms with E-state index in [1.807, 2.05) is 0 Å². The fourth-order valence-electron chi connectivity index (χ4n) is 3.55. The van der Waals surface area contributed by atoms with Gasteiger partial charge in [-0.15, -0.1) is 0 Å². The molecule has 0 saturated heterocycles. The van der Waals surface area contributed by atoms with Gasteiger partial charge in [0.15, 0.2) is 0 Å². The molecule has 2 aliphatic rings. The monoisotopic (exact) mass is 372 g/mol. The quantitative estimate of drug-likeness (QED) is 0.411. The first-order valence-corrected chi connectivity index (χ1v) is 10.6. The van der Waals surface area contributed by atoms with Crippen LogP contribution < -0.4 is 0 Å². The zero-order valence-electron chi connectivity index (χ0n) is 18.5. The van der Waals surface area contributed by atoms with Crippen LogP contribution in [0.5, 0.6) is 0 Å². The van der Waals surface area contributed by atoms with Gasteiger partial charge in [-0.3, -0.25) is 0 Å².